The Morgan fingerprint density at radius 1 is 1.44 bits per heavy atom. The molecule has 2 fully saturated rings. The molecule has 7 heteroatoms. The Balaban J connectivity index is 1.91. The Kier molecular flexibility index (Phi) is 4.60. The quantitative estimate of drug-likeness (QED) is 0.706. The normalized spacial score (nSPS) is 30.7. The second-order valence-electron chi connectivity index (χ2n) is 5.01. The van der Waals surface area contributed by atoms with E-state index in [0.29, 0.717) is 32.6 Å². The first kappa shape index (κ1) is 14.2. The van der Waals surface area contributed by atoms with Crippen molar-refractivity contribution in [2.45, 2.75) is 30.1 Å². The third kappa shape index (κ3) is 3.21. The van der Waals surface area contributed by atoms with Crippen LogP contribution in [0.3, 0.4) is 0 Å². The highest BCUT2D eigenvalue weighted by molar-refractivity contribution is 7.90. The van der Waals surface area contributed by atoms with Gasteiger partial charge in [-0.2, -0.15) is 0 Å². The summed E-state index contributed by atoms with van der Waals surface area (Å²) in [7, 11) is -1.64. The molecule has 0 amide bonds. The maximum absolute atomic E-state index is 12.2. The summed E-state index contributed by atoms with van der Waals surface area (Å²) in [6.07, 6.45) is 2.08. The first-order chi connectivity index (χ1) is 8.58. The van der Waals surface area contributed by atoms with E-state index in [1.807, 2.05) is 0 Å². The summed E-state index contributed by atoms with van der Waals surface area (Å²) in [6.45, 7) is 2.92. The van der Waals surface area contributed by atoms with E-state index in [1.54, 1.807) is 7.11 Å². The van der Waals surface area contributed by atoms with E-state index < -0.39 is 15.6 Å². The zero-order valence-electron chi connectivity index (χ0n) is 10.8. The first-order valence-corrected chi connectivity index (χ1v) is 7.95. The van der Waals surface area contributed by atoms with Crippen molar-refractivity contribution < 1.29 is 17.9 Å². The van der Waals surface area contributed by atoms with Crippen LogP contribution in [-0.2, 0) is 19.5 Å². The van der Waals surface area contributed by atoms with E-state index >= 15 is 0 Å². The SMILES string of the molecule is COC1(CNS(=O)(=O)C2CCNCC2)CCOC1. The number of nitrogens with one attached hydrogen (secondary N) is 2. The lowest BCUT2D eigenvalue weighted by Crippen LogP contribution is -2.49. The molecule has 2 aliphatic rings. The Morgan fingerprint density at radius 3 is 2.72 bits per heavy atom. The lowest BCUT2D eigenvalue weighted by molar-refractivity contribution is -0.0121. The highest BCUT2D eigenvalue weighted by Gasteiger charge is 2.37. The molecule has 0 aromatic carbocycles. The minimum Gasteiger partial charge on any atom is -0.378 e. The summed E-state index contributed by atoms with van der Waals surface area (Å²) in [5, 5.41) is 2.88. The molecule has 0 bridgehead atoms. The largest absolute Gasteiger partial charge is 0.378 e. The van der Waals surface area contributed by atoms with Gasteiger partial charge in [0.15, 0.2) is 0 Å². The van der Waals surface area contributed by atoms with Gasteiger partial charge in [-0.25, -0.2) is 13.1 Å². The van der Waals surface area contributed by atoms with Crippen LogP contribution in [0.5, 0.6) is 0 Å². The summed E-state index contributed by atoms with van der Waals surface area (Å²) in [4.78, 5) is 0. The topological polar surface area (TPSA) is 76.7 Å². The monoisotopic (exact) mass is 278 g/mol. The van der Waals surface area contributed by atoms with Crippen LogP contribution in [0.4, 0.5) is 0 Å². The van der Waals surface area contributed by atoms with Gasteiger partial charge in [0.05, 0.1) is 11.9 Å². The van der Waals surface area contributed by atoms with Crippen LogP contribution in [-0.4, -0.2) is 59.2 Å². The van der Waals surface area contributed by atoms with Gasteiger partial charge in [-0.15, -0.1) is 0 Å². The number of rotatable bonds is 5. The van der Waals surface area contributed by atoms with Crippen molar-refractivity contribution in [3.8, 4) is 0 Å². The Hall–Kier alpha value is -0.210. The Morgan fingerprint density at radius 2 is 2.17 bits per heavy atom. The third-order valence-electron chi connectivity index (χ3n) is 3.82. The molecule has 2 heterocycles. The molecule has 1 atom stereocenters. The Bertz CT molecular complexity index is 359. The fourth-order valence-electron chi connectivity index (χ4n) is 2.42. The molecule has 0 aromatic rings. The van der Waals surface area contributed by atoms with Crippen LogP contribution in [0, 0.1) is 0 Å². The fraction of sp³-hybridized carbons (Fsp3) is 1.00. The van der Waals surface area contributed by atoms with Gasteiger partial charge in [0, 0.05) is 26.7 Å². The average molecular weight is 278 g/mol. The highest BCUT2D eigenvalue weighted by atomic mass is 32.2. The van der Waals surface area contributed by atoms with Crippen molar-refractivity contribution in [3.63, 3.8) is 0 Å². The maximum Gasteiger partial charge on any atom is 0.214 e. The minimum atomic E-state index is -3.24. The molecular formula is C11H22N2O4S. The molecule has 106 valence electrons. The van der Waals surface area contributed by atoms with E-state index in [2.05, 4.69) is 10.0 Å². The average Bonchev–Trinajstić information content (AvgIpc) is 2.87. The van der Waals surface area contributed by atoms with E-state index in [1.165, 1.54) is 0 Å². The van der Waals surface area contributed by atoms with Gasteiger partial charge in [-0.05, 0) is 25.9 Å². The van der Waals surface area contributed by atoms with Crippen molar-refractivity contribution in [2.75, 3.05) is 40.0 Å². The summed E-state index contributed by atoms with van der Waals surface area (Å²) in [6, 6.07) is 0. The van der Waals surface area contributed by atoms with Crippen LogP contribution in [0.25, 0.3) is 0 Å². The van der Waals surface area contributed by atoms with Crippen LogP contribution < -0.4 is 10.0 Å². The molecule has 0 aromatic heterocycles. The molecule has 6 nitrogen and oxygen atoms in total. The van der Waals surface area contributed by atoms with Gasteiger partial charge >= 0.3 is 0 Å². The summed E-state index contributed by atoms with van der Waals surface area (Å²) < 4.78 is 37.7. The standard InChI is InChI=1S/C11H22N2O4S/c1-16-11(4-7-17-9-11)8-13-18(14,15)10-2-5-12-6-3-10/h10,12-13H,2-9H2,1H3. The molecule has 0 spiro atoms. The molecule has 0 radical (unpaired) electrons. The van der Waals surface area contributed by atoms with Crippen molar-refractivity contribution in [1.29, 1.82) is 0 Å². The molecule has 2 N–H and O–H groups in total. The maximum atomic E-state index is 12.2. The van der Waals surface area contributed by atoms with Crippen LogP contribution in [0.2, 0.25) is 0 Å². The predicted octanol–water partition coefficient (Wildman–Crippen LogP) is -0.537. The number of sulfonamides is 1. The highest BCUT2D eigenvalue weighted by Crippen LogP contribution is 2.22. The summed E-state index contributed by atoms with van der Waals surface area (Å²) >= 11 is 0. The number of methoxy groups -OCH3 is 1. The van der Waals surface area contributed by atoms with Crippen LogP contribution in [0.15, 0.2) is 0 Å². The predicted molar refractivity (Wildman–Crippen MR) is 68.0 cm³/mol. The lowest BCUT2D eigenvalue weighted by atomic mass is 10.0. The van der Waals surface area contributed by atoms with Crippen LogP contribution >= 0.6 is 0 Å². The van der Waals surface area contributed by atoms with Gasteiger partial charge in [0.1, 0.15) is 5.60 Å². The van der Waals surface area contributed by atoms with Gasteiger partial charge in [0.2, 0.25) is 10.0 Å². The zero-order chi connectivity index (χ0) is 13.1. The number of hydrogen-bond acceptors (Lipinski definition) is 5. The van der Waals surface area contributed by atoms with Gasteiger partial charge < -0.3 is 14.8 Å². The number of hydrogen-bond donors (Lipinski definition) is 2. The van der Waals surface area contributed by atoms with Crippen molar-refractivity contribution in [1.82, 2.24) is 10.0 Å². The van der Waals surface area contributed by atoms with Crippen molar-refractivity contribution in [3.05, 3.63) is 0 Å². The van der Waals surface area contributed by atoms with Gasteiger partial charge in [-0.1, -0.05) is 0 Å². The smallest absolute Gasteiger partial charge is 0.214 e. The fourth-order valence-corrected chi connectivity index (χ4v) is 3.97. The molecule has 1 unspecified atom stereocenters. The summed E-state index contributed by atoms with van der Waals surface area (Å²) in [5.41, 5.74) is -0.486. The molecule has 0 aliphatic carbocycles. The van der Waals surface area contributed by atoms with E-state index in [-0.39, 0.29) is 5.25 Å². The van der Waals surface area contributed by atoms with Gasteiger partial charge in [-0.3, -0.25) is 0 Å². The Labute approximate surface area is 108 Å². The van der Waals surface area contributed by atoms with Crippen LogP contribution in [0.1, 0.15) is 19.3 Å². The molecular weight excluding hydrogens is 256 g/mol. The van der Waals surface area contributed by atoms with Crippen molar-refractivity contribution in [2.24, 2.45) is 0 Å². The molecule has 2 aliphatic heterocycles. The summed E-state index contributed by atoms with van der Waals surface area (Å²) in [5.74, 6) is 0. The number of piperidine rings is 1. The molecule has 18 heavy (non-hydrogen) atoms. The minimum absolute atomic E-state index is 0.282. The lowest BCUT2D eigenvalue weighted by Gasteiger charge is -2.28. The van der Waals surface area contributed by atoms with E-state index in [4.69, 9.17) is 9.47 Å². The third-order valence-corrected chi connectivity index (χ3v) is 5.72. The molecule has 2 saturated heterocycles. The van der Waals surface area contributed by atoms with E-state index in [0.717, 1.165) is 19.5 Å². The second kappa shape index (κ2) is 5.83. The first-order valence-electron chi connectivity index (χ1n) is 6.40. The van der Waals surface area contributed by atoms with E-state index in [9.17, 15) is 8.42 Å². The van der Waals surface area contributed by atoms with Crippen molar-refractivity contribution >= 4 is 10.0 Å². The van der Waals surface area contributed by atoms with Gasteiger partial charge in [0.25, 0.3) is 0 Å². The zero-order valence-corrected chi connectivity index (χ0v) is 11.6. The molecule has 0 saturated carbocycles. The number of ether oxygens (including phenoxy) is 2. The second-order valence-corrected chi connectivity index (χ2v) is 7.05. The molecule has 2 rings (SSSR count).